The van der Waals surface area contributed by atoms with Crippen LogP contribution in [-0.2, 0) is 12.0 Å². The number of rotatable bonds is 4. The lowest BCUT2D eigenvalue weighted by Gasteiger charge is -2.32. The standard InChI is InChI=1S/C17H29N7/c1-17(2,3)15-11-16(18)24(20-15)14-12-19-23(13-14)10-9-22-7-5-21(4)6-8-22/h11-13H,5-10,18H2,1-4H3. The lowest BCUT2D eigenvalue weighted by Crippen LogP contribution is -2.45. The van der Waals surface area contributed by atoms with Crippen LogP contribution in [0.15, 0.2) is 18.5 Å². The molecule has 0 spiro atoms. The zero-order valence-corrected chi connectivity index (χ0v) is 15.2. The fourth-order valence-corrected chi connectivity index (χ4v) is 2.87. The lowest BCUT2D eigenvalue weighted by molar-refractivity contribution is 0.149. The molecule has 0 radical (unpaired) electrons. The molecule has 2 aromatic rings. The normalized spacial score (nSPS) is 17.5. The molecule has 1 aliphatic heterocycles. The van der Waals surface area contributed by atoms with Gasteiger partial charge in [-0.1, -0.05) is 20.8 Å². The van der Waals surface area contributed by atoms with Gasteiger partial charge < -0.3 is 10.6 Å². The molecule has 0 saturated carbocycles. The summed E-state index contributed by atoms with van der Waals surface area (Å²) in [7, 11) is 2.18. The third-order valence-electron chi connectivity index (χ3n) is 4.61. The number of nitrogens with zero attached hydrogens (tertiary/aromatic N) is 6. The van der Waals surface area contributed by atoms with Gasteiger partial charge >= 0.3 is 0 Å². The molecular weight excluding hydrogens is 302 g/mol. The summed E-state index contributed by atoms with van der Waals surface area (Å²) in [6, 6.07) is 1.95. The van der Waals surface area contributed by atoms with Crippen molar-refractivity contribution >= 4 is 5.82 Å². The molecule has 3 rings (SSSR count). The van der Waals surface area contributed by atoms with Gasteiger partial charge in [-0.3, -0.25) is 9.58 Å². The van der Waals surface area contributed by atoms with Gasteiger partial charge in [0.1, 0.15) is 11.5 Å². The predicted octanol–water partition coefficient (Wildman–Crippen LogP) is 1.20. The highest BCUT2D eigenvalue weighted by Gasteiger charge is 2.20. The second-order valence-corrected chi connectivity index (χ2v) is 7.72. The number of likely N-dealkylation sites (N-methyl/N-ethyl adjacent to an activating group) is 1. The van der Waals surface area contributed by atoms with E-state index < -0.39 is 0 Å². The van der Waals surface area contributed by atoms with Crippen molar-refractivity contribution in [2.45, 2.75) is 32.7 Å². The molecule has 3 heterocycles. The predicted molar refractivity (Wildman–Crippen MR) is 96.4 cm³/mol. The highest BCUT2D eigenvalue weighted by molar-refractivity contribution is 5.42. The Morgan fingerprint density at radius 1 is 1.12 bits per heavy atom. The van der Waals surface area contributed by atoms with Crippen LogP contribution in [0.25, 0.3) is 5.69 Å². The topological polar surface area (TPSA) is 68.1 Å². The molecule has 24 heavy (non-hydrogen) atoms. The molecule has 1 aliphatic rings. The van der Waals surface area contributed by atoms with Crippen molar-refractivity contribution in [2.24, 2.45) is 0 Å². The summed E-state index contributed by atoms with van der Waals surface area (Å²) < 4.78 is 3.76. The van der Waals surface area contributed by atoms with Crippen LogP contribution in [0.3, 0.4) is 0 Å². The number of anilines is 1. The van der Waals surface area contributed by atoms with Gasteiger partial charge in [-0.25, -0.2) is 4.68 Å². The van der Waals surface area contributed by atoms with Crippen molar-refractivity contribution in [3.8, 4) is 5.69 Å². The van der Waals surface area contributed by atoms with E-state index in [9.17, 15) is 0 Å². The second-order valence-electron chi connectivity index (χ2n) is 7.72. The van der Waals surface area contributed by atoms with Gasteiger partial charge in [0.15, 0.2) is 0 Å². The Bertz CT molecular complexity index is 671. The van der Waals surface area contributed by atoms with Gasteiger partial charge in [0, 0.05) is 44.2 Å². The first-order valence-corrected chi connectivity index (χ1v) is 8.63. The highest BCUT2D eigenvalue weighted by atomic mass is 15.4. The molecule has 132 valence electrons. The van der Waals surface area contributed by atoms with Gasteiger partial charge in [0.2, 0.25) is 0 Å². The number of nitrogen functional groups attached to an aromatic ring is 1. The van der Waals surface area contributed by atoms with Gasteiger partial charge in [0.25, 0.3) is 0 Å². The lowest BCUT2D eigenvalue weighted by atomic mass is 9.92. The average molecular weight is 331 g/mol. The molecule has 2 aromatic heterocycles. The van der Waals surface area contributed by atoms with E-state index in [0.717, 1.165) is 50.6 Å². The van der Waals surface area contributed by atoms with Crippen molar-refractivity contribution in [3.05, 3.63) is 24.2 Å². The fraction of sp³-hybridized carbons (Fsp3) is 0.647. The fourth-order valence-electron chi connectivity index (χ4n) is 2.87. The SMILES string of the molecule is CN1CCN(CCn2cc(-n3nc(C(C)(C)C)cc3N)cn2)CC1. The van der Waals surface area contributed by atoms with Crippen LogP contribution in [0.5, 0.6) is 0 Å². The molecule has 2 N–H and O–H groups in total. The smallest absolute Gasteiger partial charge is 0.127 e. The molecule has 0 bridgehead atoms. The summed E-state index contributed by atoms with van der Waals surface area (Å²) in [5.74, 6) is 0.651. The van der Waals surface area contributed by atoms with E-state index in [2.05, 4.69) is 47.8 Å². The van der Waals surface area contributed by atoms with Crippen LogP contribution in [-0.4, -0.2) is 69.1 Å². The summed E-state index contributed by atoms with van der Waals surface area (Å²) in [6.45, 7) is 12.9. The Labute approximate surface area is 144 Å². The van der Waals surface area contributed by atoms with Crippen LogP contribution in [0, 0.1) is 0 Å². The maximum Gasteiger partial charge on any atom is 0.127 e. The van der Waals surface area contributed by atoms with E-state index in [1.165, 1.54) is 0 Å². The van der Waals surface area contributed by atoms with Gasteiger partial charge in [0.05, 0.1) is 24.6 Å². The van der Waals surface area contributed by atoms with Crippen molar-refractivity contribution < 1.29 is 0 Å². The Morgan fingerprint density at radius 2 is 1.83 bits per heavy atom. The molecule has 7 nitrogen and oxygen atoms in total. The van der Waals surface area contributed by atoms with Crippen LogP contribution in [0.2, 0.25) is 0 Å². The van der Waals surface area contributed by atoms with Crippen LogP contribution in [0.1, 0.15) is 26.5 Å². The quantitative estimate of drug-likeness (QED) is 0.912. The Balaban J connectivity index is 1.64. The summed E-state index contributed by atoms with van der Waals surface area (Å²) in [4.78, 5) is 4.86. The third kappa shape index (κ3) is 3.79. The highest BCUT2D eigenvalue weighted by Crippen LogP contribution is 2.24. The summed E-state index contributed by atoms with van der Waals surface area (Å²) in [6.07, 6.45) is 3.85. The van der Waals surface area contributed by atoms with Crippen molar-refractivity contribution in [2.75, 3.05) is 45.5 Å². The molecule has 0 atom stereocenters. The summed E-state index contributed by atoms with van der Waals surface area (Å²) in [5, 5.41) is 9.11. The maximum absolute atomic E-state index is 6.13. The molecule has 0 aromatic carbocycles. The molecule has 1 saturated heterocycles. The maximum atomic E-state index is 6.13. The minimum Gasteiger partial charge on any atom is -0.384 e. The van der Waals surface area contributed by atoms with Crippen molar-refractivity contribution in [3.63, 3.8) is 0 Å². The second kappa shape index (κ2) is 6.57. The zero-order chi connectivity index (χ0) is 17.3. The molecule has 0 unspecified atom stereocenters. The number of hydrogen-bond donors (Lipinski definition) is 1. The van der Waals surface area contributed by atoms with E-state index in [0.29, 0.717) is 5.82 Å². The van der Waals surface area contributed by atoms with Crippen molar-refractivity contribution in [1.82, 2.24) is 29.4 Å². The van der Waals surface area contributed by atoms with Gasteiger partial charge in [-0.15, -0.1) is 0 Å². The molecule has 0 aliphatic carbocycles. The average Bonchev–Trinajstić information content (AvgIpc) is 3.12. The number of nitrogens with two attached hydrogens (primary N) is 1. The first kappa shape index (κ1) is 17.0. The minimum atomic E-state index is -0.0171. The van der Waals surface area contributed by atoms with E-state index in [1.807, 2.05) is 23.1 Å². The Kier molecular flexibility index (Phi) is 4.64. The monoisotopic (exact) mass is 331 g/mol. The van der Waals surface area contributed by atoms with Crippen LogP contribution in [0.4, 0.5) is 5.82 Å². The molecule has 1 fully saturated rings. The van der Waals surface area contributed by atoms with Gasteiger partial charge in [-0.05, 0) is 7.05 Å². The number of aromatic nitrogens is 4. The minimum absolute atomic E-state index is 0.0171. The number of hydrogen-bond acceptors (Lipinski definition) is 5. The van der Waals surface area contributed by atoms with E-state index in [-0.39, 0.29) is 5.41 Å². The van der Waals surface area contributed by atoms with Crippen LogP contribution < -0.4 is 5.73 Å². The molecule has 0 amide bonds. The third-order valence-corrected chi connectivity index (χ3v) is 4.61. The summed E-state index contributed by atoms with van der Waals surface area (Å²) >= 11 is 0. The van der Waals surface area contributed by atoms with E-state index in [1.54, 1.807) is 4.68 Å². The largest absolute Gasteiger partial charge is 0.384 e. The number of piperazine rings is 1. The first-order valence-electron chi connectivity index (χ1n) is 8.63. The molecular formula is C17H29N7. The summed E-state index contributed by atoms with van der Waals surface area (Å²) in [5.41, 5.74) is 8.03. The zero-order valence-electron chi connectivity index (χ0n) is 15.2. The van der Waals surface area contributed by atoms with Crippen molar-refractivity contribution in [1.29, 1.82) is 0 Å². The van der Waals surface area contributed by atoms with Crippen LogP contribution >= 0.6 is 0 Å². The van der Waals surface area contributed by atoms with Gasteiger partial charge in [-0.2, -0.15) is 10.2 Å². The van der Waals surface area contributed by atoms with E-state index >= 15 is 0 Å². The molecule has 7 heteroatoms. The van der Waals surface area contributed by atoms with E-state index in [4.69, 9.17) is 5.73 Å². The Hall–Kier alpha value is -1.86. The first-order chi connectivity index (χ1) is 11.3. The Morgan fingerprint density at radius 3 is 2.46 bits per heavy atom.